The summed E-state index contributed by atoms with van der Waals surface area (Å²) in [6.45, 7) is 3.28. The second-order valence-corrected chi connectivity index (χ2v) is 7.87. The Kier molecular flexibility index (Phi) is 4.42. The van der Waals surface area contributed by atoms with Crippen molar-refractivity contribution >= 4 is 16.6 Å². The number of anilines is 1. The number of phenols is 1. The lowest BCUT2D eigenvalue weighted by Crippen LogP contribution is -2.48. The lowest BCUT2D eigenvalue weighted by Gasteiger charge is -2.41. The van der Waals surface area contributed by atoms with Crippen LogP contribution in [0.1, 0.15) is 30.9 Å². The number of nitrogens with zero attached hydrogens (tertiary/aromatic N) is 2. The van der Waals surface area contributed by atoms with Crippen LogP contribution in [-0.4, -0.2) is 32.1 Å². The summed E-state index contributed by atoms with van der Waals surface area (Å²) in [5, 5.41) is 33.4. The smallest absolute Gasteiger partial charge is 0.416 e. The molecule has 0 saturated heterocycles. The van der Waals surface area contributed by atoms with E-state index in [1.807, 2.05) is 12.1 Å². The van der Waals surface area contributed by atoms with Crippen LogP contribution in [0.15, 0.2) is 36.4 Å². The van der Waals surface area contributed by atoms with Gasteiger partial charge in [-0.2, -0.15) is 13.2 Å². The maximum absolute atomic E-state index is 13.0. The van der Waals surface area contributed by atoms with E-state index in [4.69, 9.17) is 0 Å². The molecule has 1 saturated carbocycles. The zero-order valence-corrected chi connectivity index (χ0v) is 15.9. The summed E-state index contributed by atoms with van der Waals surface area (Å²) in [6.07, 6.45) is -3.38. The van der Waals surface area contributed by atoms with Crippen LogP contribution >= 0.6 is 0 Å². The molecule has 29 heavy (non-hydrogen) atoms. The Labute approximate surface area is 165 Å². The van der Waals surface area contributed by atoms with E-state index >= 15 is 0 Å². The molecule has 0 atom stereocenters. The highest BCUT2D eigenvalue weighted by Crippen LogP contribution is 2.41. The van der Waals surface area contributed by atoms with E-state index in [1.165, 1.54) is 6.92 Å². The van der Waals surface area contributed by atoms with Crippen molar-refractivity contribution < 1.29 is 23.4 Å². The highest BCUT2D eigenvalue weighted by atomic mass is 19.4. The molecule has 1 heterocycles. The fraction of sp³-hybridized carbons (Fsp3) is 0.333. The highest BCUT2D eigenvalue weighted by Gasteiger charge is 2.38. The largest absolute Gasteiger partial charge is 0.507 e. The third-order valence-electron chi connectivity index (χ3n) is 5.28. The van der Waals surface area contributed by atoms with Gasteiger partial charge in [0.2, 0.25) is 0 Å². The molecule has 0 unspecified atom stereocenters. The molecule has 0 amide bonds. The minimum absolute atomic E-state index is 0.0646. The summed E-state index contributed by atoms with van der Waals surface area (Å²) in [7, 11) is 0. The molecule has 0 aliphatic heterocycles. The third-order valence-corrected chi connectivity index (χ3v) is 5.28. The quantitative estimate of drug-likeness (QED) is 0.593. The molecular weight excluding hydrogens is 383 g/mol. The first-order chi connectivity index (χ1) is 13.5. The molecule has 1 aromatic heterocycles. The minimum Gasteiger partial charge on any atom is -0.507 e. The van der Waals surface area contributed by atoms with E-state index in [0.29, 0.717) is 35.8 Å². The predicted octanol–water partition coefficient (Wildman–Crippen LogP) is 4.65. The number of alkyl halides is 3. The van der Waals surface area contributed by atoms with Crippen molar-refractivity contribution in [1.29, 1.82) is 0 Å². The van der Waals surface area contributed by atoms with E-state index in [2.05, 4.69) is 15.5 Å². The molecule has 1 fully saturated rings. The first-order valence-corrected chi connectivity index (χ1v) is 9.21. The number of fused-ring (bicyclic) bond motifs is 1. The van der Waals surface area contributed by atoms with Crippen LogP contribution in [0.25, 0.3) is 22.0 Å². The van der Waals surface area contributed by atoms with Crippen molar-refractivity contribution in [3.8, 4) is 17.0 Å². The average molecular weight is 403 g/mol. The zero-order valence-electron chi connectivity index (χ0n) is 15.9. The fourth-order valence-electron chi connectivity index (χ4n) is 3.93. The summed E-state index contributed by atoms with van der Waals surface area (Å²) in [4.78, 5) is 0. The van der Waals surface area contributed by atoms with Gasteiger partial charge in [0.15, 0.2) is 5.82 Å². The van der Waals surface area contributed by atoms with Crippen LogP contribution < -0.4 is 5.32 Å². The van der Waals surface area contributed by atoms with Gasteiger partial charge < -0.3 is 15.5 Å². The van der Waals surface area contributed by atoms with Crippen molar-refractivity contribution in [2.75, 3.05) is 5.32 Å². The highest BCUT2D eigenvalue weighted by molar-refractivity contribution is 6.01. The van der Waals surface area contributed by atoms with E-state index in [9.17, 15) is 23.4 Å². The number of rotatable bonds is 3. The van der Waals surface area contributed by atoms with Crippen LogP contribution in [0.5, 0.6) is 5.75 Å². The van der Waals surface area contributed by atoms with E-state index in [1.54, 1.807) is 19.1 Å². The Bertz CT molecular complexity index is 1070. The number of hydrogen-bond donors (Lipinski definition) is 3. The molecule has 1 aliphatic carbocycles. The molecule has 5 nitrogen and oxygen atoms in total. The molecule has 3 N–H and O–H groups in total. The number of nitrogens with one attached hydrogen (secondary N) is 1. The number of aryl methyl sites for hydroxylation is 1. The molecule has 0 spiro atoms. The van der Waals surface area contributed by atoms with Gasteiger partial charge in [0.05, 0.1) is 11.2 Å². The maximum Gasteiger partial charge on any atom is 0.416 e. The molecule has 3 aromatic rings. The summed E-state index contributed by atoms with van der Waals surface area (Å²) in [5.41, 5.74) is -0.809. The number of halogens is 3. The Hall–Kier alpha value is -2.87. The number of aromatic hydroxyl groups is 1. The second-order valence-electron chi connectivity index (χ2n) is 7.87. The average Bonchev–Trinajstić information content (AvgIpc) is 2.60. The molecule has 1 aliphatic rings. The molecular formula is C21H20F3N3O2. The Morgan fingerprint density at radius 2 is 1.76 bits per heavy atom. The van der Waals surface area contributed by atoms with Crippen molar-refractivity contribution in [1.82, 2.24) is 10.2 Å². The summed E-state index contributed by atoms with van der Waals surface area (Å²) in [5.74, 6) is 0.0430. The van der Waals surface area contributed by atoms with Gasteiger partial charge >= 0.3 is 6.18 Å². The number of aliphatic hydroxyl groups is 1. The number of benzene rings is 2. The number of aromatic nitrogens is 2. The van der Waals surface area contributed by atoms with Crippen molar-refractivity contribution in [3.05, 3.63) is 47.5 Å². The van der Waals surface area contributed by atoms with Gasteiger partial charge in [0.1, 0.15) is 11.4 Å². The Morgan fingerprint density at radius 1 is 1.10 bits per heavy atom. The molecule has 0 radical (unpaired) electrons. The number of hydrogen-bond acceptors (Lipinski definition) is 5. The van der Waals surface area contributed by atoms with Crippen molar-refractivity contribution in [2.24, 2.45) is 0 Å². The van der Waals surface area contributed by atoms with Gasteiger partial charge in [-0.25, -0.2) is 0 Å². The van der Waals surface area contributed by atoms with Crippen LogP contribution in [-0.2, 0) is 6.18 Å². The topological polar surface area (TPSA) is 78.3 Å². The van der Waals surface area contributed by atoms with Gasteiger partial charge in [-0.3, -0.25) is 0 Å². The normalized spacial score (nSPS) is 21.8. The van der Waals surface area contributed by atoms with Gasteiger partial charge in [-0.05, 0) is 44.4 Å². The molecule has 152 valence electrons. The Morgan fingerprint density at radius 3 is 2.34 bits per heavy atom. The van der Waals surface area contributed by atoms with Gasteiger partial charge in [-0.1, -0.05) is 24.3 Å². The Balaban J connectivity index is 1.79. The minimum atomic E-state index is -4.55. The lowest BCUT2D eigenvalue weighted by molar-refractivity contribution is -0.137. The van der Waals surface area contributed by atoms with Crippen molar-refractivity contribution in [2.45, 2.75) is 44.5 Å². The fourth-order valence-corrected chi connectivity index (χ4v) is 3.93. The van der Waals surface area contributed by atoms with Gasteiger partial charge in [0.25, 0.3) is 0 Å². The monoisotopic (exact) mass is 403 g/mol. The predicted molar refractivity (Wildman–Crippen MR) is 104 cm³/mol. The molecule has 8 heteroatoms. The first kappa shape index (κ1) is 19.4. The summed E-state index contributed by atoms with van der Waals surface area (Å²) >= 11 is 0. The molecule has 0 bridgehead atoms. The SMILES string of the molecule is Cc1cc(C(F)(F)F)cc(O)c1-c1nnc(NC2CC(C)(O)C2)c2ccccc12. The van der Waals surface area contributed by atoms with Crippen LogP contribution in [0.2, 0.25) is 0 Å². The van der Waals surface area contributed by atoms with E-state index < -0.39 is 23.1 Å². The standard InChI is InChI=1S/C21H20F3N3O2/c1-11-7-12(21(22,23)24)8-16(28)17(11)18-14-5-3-4-6-15(14)19(27-26-18)25-13-9-20(2,29)10-13/h3-8,13,28-29H,9-10H2,1-2H3,(H,25,27). The number of phenolic OH excluding ortho intramolecular Hbond substituents is 1. The van der Waals surface area contributed by atoms with Crippen molar-refractivity contribution in [3.63, 3.8) is 0 Å². The van der Waals surface area contributed by atoms with Crippen LogP contribution in [0.3, 0.4) is 0 Å². The van der Waals surface area contributed by atoms with Crippen LogP contribution in [0, 0.1) is 6.92 Å². The second kappa shape index (κ2) is 6.59. The lowest BCUT2D eigenvalue weighted by atomic mass is 9.77. The summed E-state index contributed by atoms with van der Waals surface area (Å²) in [6, 6.07) is 9.02. The van der Waals surface area contributed by atoms with E-state index in [-0.39, 0.29) is 17.2 Å². The molecule has 2 aromatic carbocycles. The van der Waals surface area contributed by atoms with Crippen LogP contribution in [0.4, 0.5) is 19.0 Å². The maximum atomic E-state index is 13.0. The zero-order chi connectivity index (χ0) is 21.0. The summed E-state index contributed by atoms with van der Waals surface area (Å²) < 4.78 is 39.1. The van der Waals surface area contributed by atoms with Gasteiger partial charge in [0, 0.05) is 22.4 Å². The molecule has 4 rings (SSSR count). The van der Waals surface area contributed by atoms with E-state index in [0.717, 1.165) is 11.5 Å². The van der Waals surface area contributed by atoms with Gasteiger partial charge in [-0.15, -0.1) is 10.2 Å². The third kappa shape index (κ3) is 3.60. The first-order valence-electron chi connectivity index (χ1n) is 9.21.